The van der Waals surface area contributed by atoms with Crippen LogP contribution in [-0.2, 0) is 6.42 Å². The number of carbonyl (C=O) groups is 1. The highest BCUT2D eigenvalue weighted by Gasteiger charge is 2.23. The second kappa shape index (κ2) is 8.19. The van der Waals surface area contributed by atoms with Gasteiger partial charge in [-0.15, -0.1) is 0 Å². The van der Waals surface area contributed by atoms with Crippen LogP contribution in [0.25, 0.3) is 10.2 Å². The van der Waals surface area contributed by atoms with Crippen molar-refractivity contribution >= 4 is 32.6 Å². The van der Waals surface area contributed by atoms with E-state index in [0.717, 1.165) is 45.0 Å². The zero-order chi connectivity index (χ0) is 19.6. The molecule has 1 amide bonds. The molecule has 0 aliphatic heterocycles. The van der Waals surface area contributed by atoms with E-state index >= 15 is 0 Å². The summed E-state index contributed by atoms with van der Waals surface area (Å²) in [5.41, 5.74) is 5.08. The van der Waals surface area contributed by atoms with Crippen molar-refractivity contribution in [2.75, 3.05) is 32.1 Å². The Morgan fingerprint density at radius 3 is 2.56 bits per heavy atom. The first-order valence-electron chi connectivity index (χ1n) is 9.32. The molecule has 2 aromatic carbocycles. The first-order chi connectivity index (χ1) is 12.9. The molecular weight excluding hydrogens is 354 g/mol. The topological polar surface area (TPSA) is 36.4 Å². The van der Waals surface area contributed by atoms with Crippen molar-refractivity contribution in [3.8, 4) is 0 Å². The van der Waals surface area contributed by atoms with Crippen LogP contribution in [0.15, 0.2) is 36.4 Å². The van der Waals surface area contributed by atoms with Crippen molar-refractivity contribution in [2.24, 2.45) is 0 Å². The van der Waals surface area contributed by atoms with Crippen molar-refractivity contribution in [3.05, 3.63) is 58.7 Å². The first kappa shape index (κ1) is 19.5. The van der Waals surface area contributed by atoms with Crippen LogP contribution in [0.1, 0.15) is 34.0 Å². The third-order valence-electron chi connectivity index (χ3n) is 4.72. The van der Waals surface area contributed by atoms with Gasteiger partial charge in [-0.1, -0.05) is 42.0 Å². The number of anilines is 1. The van der Waals surface area contributed by atoms with Crippen LogP contribution in [0.4, 0.5) is 5.13 Å². The van der Waals surface area contributed by atoms with E-state index in [0.29, 0.717) is 6.54 Å². The third kappa shape index (κ3) is 4.37. The average molecular weight is 382 g/mol. The van der Waals surface area contributed by atoms with Gasteiger partial charge >= 0.3 is 0 Å². The molecular formula is C22H27N3OS. The predicted molar refractivity (Wildman–Crippen MR) is 115 cm³/mol. The number of carbonyl (C=O) groups excluding carboxylic acids is 1. The number of aromatic nitrogens is 1. The molecule has 0 atom stereocenters. The highest BCUT2D eigenvalue weighted by Crippen LogP contribution is 2.31. The molecule has 0 N–H and O–H groups in total. The molecule has 0 unspecified atom stereocenters. The molecule has 0 bridgehead atoms. The Kier molecular flexibility index (Phi) is 5.92. The lowest BCUT2D eigenvalue weighted by atomic mass is 10.0. The Labute approximate surface area is 165 Å². The summed E-state index contributed by atoms with van der Waals surface area (Å²) in [4.78, 5) is 22.1. The lowest BCUT2D eigenvalue weighted by Gasteiger charge is -2.23. The molecule has 3 rings (SSSR count). The molecule has 0 saturated carbocycles. The molecule has 3 aromatic rings. The predicted octanol–water partition coefficient (Wildman–Crippen LogP) is 4.68. The van der Waals surface area contributed by atoms with Gasteiger partial charge in [0.1, 0.15) is 0 Å². The number of likely N-dealkylation sites (N-methyl/N-ethyl adjacent to an activating group) is 1. The molecule has 0 aliphatic carbocycles. The number of hydrogen-bond donors (Lipinski definition) is 0. The Hall–Kier alpha value is -2.24. The van der Waals surface area contributed by atoms with Gasteiger partial charge < -0.3 is 4.90 Å². The van der Waals surface area contributed by atoms with E-state index < -0.39 is 0 Å². The molecule has 1 aromatic heterocycles. The van der Waals surface area contributed by atoms with Crippen LogP contribution in [0.3, 0.4) is 0 Å². The van der Waals surface area contributed by atoms with Gasteiger partial charge in [0.25, 0.3) is 5.91 Å². The normalized spacial score (nSPS) is 11.3. The minimum Gasteiger partial charge on any atom is -0.308 e. The fourth-order valence-corrected chi connectivity index (χ4v) is 4.04. The lowest BCUT2D eigenvalue weighted by Crippen LogP contribution is -2.37. The SMILES string of the molecule is CCc1ccc2nc(N(CCN(C)C)C(=O)c3cc(C)ccc3C)sc2c1. The van der Waals surface area contributed by atoms with Gasteiger partial charge in [-0.3, -0.25) is 9.69 Å². The lowest BCUT2D eigenvalue weighted by molar-refractivity contribution is 0.0984. The molecule has 0 spiro atoms. The number of fused-ring (bicyclic) bond motifs is 1. The first-order valence-corrected chi connectivity index (χ1v) is 10.1. The standard InChI is InChI=1S/C22H27N3OS/c1-6-17-9-10-19-20(14-17)27-22(23-19)25(12-11-24(4)5)21(26)18-13-15(2)7-8-16(18)3/h7-10,13-14H,6,11-12H2,1-5H3. The van der Waals surface area contributed by atoms with Crippen molar-refractivity contribution in [1.29, 1.82) is 0 Å². The number of amides is 1. The van der Waals surface area contributed by atoms with Crippen molar-refractivity contribution < 1.29 is 4.79 Å². The molecule has 27 heavy (non-hydrogen) atoms. The number of hydrogen-bond acceptors (Lipinski definition) is 4. The number of benzene rings is 2. The summed E-state index contributed by atoms with van der Waals surface area (Å²) in [5.74, 6) is 0.0211. The van der Waals surface area contributed by atoms with Gasteiger partial charge in [-0.05, 0) is 63.7 Å². The summed E-state index contributed by atoms with van der Waals surface area (Å²) in [6.45, 7) is 7.55. The van der Waals surface area contributed by atoms with E-state index in [1.165, 1.54) is 5.56 Å². The van der Waals surface area contributed by atoms with Gasteiger partial charge in [0, 0.05) is 18.7 Å². The molecule has 0 aliphatic rings. The zero-order valence-corrected chi connectivity index (χ0v) is 17.6. The maximum atomic E-state index is 13.4. The van der Waals surface area contributed by atoms with Crippen LogP contribution in [0.5, 0.6) is 0 Å². The molecule has 0 fully saturated rings. The molecule has 0 saturated heterocycles. The monoisotopic (exact) mass is 381 g/mol. The van der Waals surface area contributed by atoms with E-state index in [9.17, 15) is 4.79 Å². The van der Waals surface area contributed by atoms with Gasteiger partial charge in [0.15, 0.2) is 5.13 Å². The quantitative estimate of drug-likeness (QED) is 0.622. The minimum absolute atomic E-state index is 0.0211. The van der Waals surface area contributed by atoms with E-state index in [-0.39, 0.29) is 5.91 Å². The summed E-state index contributed by atoms with van der Waals surface area (Å²) >= 11 is 1.60. The van der Waals surface area contributed by atoms with Gasteiger partial charge in [0.2, 0.25) is 0 Å². The molecule has 4 nitrogen and oxygen atoms in total. The summed E-state index contributed by atoms with van der Waals surface area (Å²) in [7, 11) is 4.04. The summed E-state index contributed by atoms with van der Waals surface area (Å²) in [6, 6.07) is 12.4. The van der Waals surface area contributed by atoms with Gasteiger partial charge in [0.05, 0.1) is 10.2 Å². The number of nitrogens with zero attached hydrogens (tertiary/aromatic N) is 3. The van der Waals surface area contributed by atoms with Gasteiger partial charge in [-0.25, -0.2) is 4.98 Å². The van der Waals surface area contributed by atoms with E-state index in [4.69, 9.17) is 4.98 Å². The second-order valence-electron chi connectivity index (χ2n) is 7.23. The smallest absolute Gasteiger partial charge is 0.260 e. The van der Waals surface area contributed by atoms with E-state index in [1.54, 1.807) is 11.3 Å². The maximum absolute atomic E-state index is 13.4. The maximum Gasteiger partial charge on any atom is 0.260 e. The Bertz CT molecular complexity index is 961. The van der Waals surface area contributed by atoms with Gasteiger partial charge in [-0.2, -0.15) is 0 Å². The zero-order valence-electron chi connectivity index (χ0n) is 16.7. The summed E-state index contributed by atoms with van der Waals surface area (Å²) < 4.78 is 1.13. The molecule has 5 heteroatoms. The largest absolute Gasteiger partial charge is 0.308 e. The molecule has 0 radical (unpaired) electrons. The molecule has 142 valence electrons. The van der Waals surface area contributed by atoms with Crippen molar-refractivity contribution in [2.45, 2.75) is 27.2 Å². The van der Waals surface area contributed by atoms with E-state index in [1.807, 2.05) is 51.0 Å². The van der Waals surface area contributed by atoms with E-state index in [2.05, 4.69) is 30.0 Å². The number of aryl methyl sites for hydroxylation is 3. The third-order valence-corrected chi connectivity index (χ3v) is 5.76. The fraction of sp³-hybridized carbons (Fsp3) is 0.364. The van der Waals surface area contributed by atoms with Crippen LogP contribution in [0, 0.1) is 13.8 Å². The number of thiazole rings is 1. The second-order valence-corrected chi connectivity index (χ2v) is 8.24. The van der Waals surface area contributed by atoms with Crippen LogP contribution in [-0.4, -0.2) is 43.0 Å². The Morgan fingerprint density at radius 1 is 1.07 bits per heavy atom. The highest BCUT2D eigenvalue weighted by atomic mass is 32.1. The van der Waals surface area contributed by atoms with Crippen LogP contribution >= 0.6 is 11.3 Å². The molecule has 1 heterocycles. The average Bonchev–Trinajstić information content (AvgIpc) is 3.06. The van der Waals surface area contributed by atoms with Crippen molar-refractivity contribution in [3.63, 3.8) is 0 Å². The van der Waals surface area contributed by atoms with Crippen molar-refractivity contribution in [1.82, 2.24) is 9.88 Å². The van der Waals surface area contributed by atoms with Crippen LogP contribution in [0.2, 0.25) is 0 Å². The Morgan fingerprint density at radius 2 is 1.85 bits per heavy atom. The number of rotatable bonds is 6. The Balaban J connectivity index is 2.02. The minimum atomic E-state index is 0.0211. The highest BCUT2D eigenvalue weighted by molar-refractivity contribution is 7.22. The summed E-state index contributed by atoms with van der Waals surface area (Å²) in [5, 5.41) is 0.769. The fourth-order valence-electron chi connectivity index (χ4n) is 2.99. The van der Waals surface area contributed by atoms with Crippen LogP contribution < -0.4 is 4.90 Å². The summed E-state index contributed by atoms with van der Waals surface area (Å²) in [6.07, 6.45) is 0.995.